The van der Waals surface area contributed by atoms with Crippen LogP contribution in [0.3, 0.4) is 0 Å². The van der Waals surface area contributed by atoms with Crippen LogP contribution in [0.25, 0.3) is 22.4 Å². The van der Waals surface area contributed by atoms with Gasteiger partial charge < -0.3 is 24.5 Å². The molecule has 0 spiro atoms. The molecular weight excluding hydrogens is 540 g/mol. The van der Waals surface area contributed by atoms with Gasteiger partial charge in [0.15, 0.2) is 5.78 Å². The molecule has 2 amide bonds. The number of hydrogen-bond acceptors (Lipinski definition) is 7. The topological polar surface area (TPSA) is 103 Å². The smallest absolute Gasteiger partial charge is 0.407 e. The van der Waals surface area contributed by atoms with Crippen molar-refractivity contribution in [2.75, 3.05) is 51.3 Å². The number of likely N-dealkylation sites (N-methyl/N-ethyl adjacent to an activating group) is 1. The van der Waals surface area contributed by atoms with Gasteiger partial charge in [-0.25, -0.2) is 4.79 Å². The molecule has 10 heteroatoms. The first kappa shape index (κ1) is 27.4. The van der Waals surface area contributed by atoms with Crippen molar-refractivity contribution >= 4 is 34.1 Å². The molecule has 1 aromatic carbocycles. The van der Waals surface area contributed by atoms with Crippen LogP contribution in [0.15, 0.2) is 42.6 Å². The van der Waals surface area contributed by atoms with Gasteiger partial charge in [-0.2, -0.15) is 0 Å². The Morgan fingerprint density at radius 3 is 2.59 bits per heavy atom. The molecule has 2 aromatic heterocycles. The molecule has 2 saturated heterocycles. The molecule has 214 valence electrons. The Labute approximate surface area is 243 Å². The Morgan fingerprint density at radius 1 is 1.10 bits per heavy atom. The van der Waals surface area contributed by atoms with E-state index in [-0.39, 0.29) is 23.1 Å². The number of nitrogens with zero attached hydrogens (tertiary/aromatic N) is 4. The normalized spacial score (nSPS) is 18.6. The molecule has 2 fully saturated rings. The van der Waals surface area contributed by atoms with E-state index in [1.165, 1.54) is 11.9 Å². The zero-order valence-electron chi connectivity index (χ0n) is 23.6. The molecule has 2 aliphatic heterocycles. The zero-order valence-corrected chi connectivity index (χ0v) is 24.4. The summed E-state index contributed by atoms with van der Waals surface area (Å²) in [5.74, 6) is 0.0885. The van der Waals surface area contributed by atoms with Crippen LogP contribution >= 0.6 is 11.3 Å². The fourth-order valence-electron chi connectivity index (χ4n) is 5.95. The lowest BCUT2D eigenvalue weighted by atomic mass is 9.75. The maximum Gasteiger partial charge on any atom is 0.407 e. The molecule has 0 bridgehead atoms. The summed E-state index contributed by atoms with van der Waals surface area (Å²) in [5, 5.41) is 10.3. The number of thiophene rings is 1. The number of amides is 2. The standard InChI is InChI=1S/C31H34N4O5S/c1-31(2)15-23-26(29(34-9-11-40-12-10-34)41-27(23)25(36)16-31)20-7-8-32-24(14-20)19-5-4-6-21(13-19)28(37)35-17-22(18-35)33(3)30(38)39/h4-8,13-14,22H,9-12,15-18H2,1-3H3,(H,38,39). The van der Waals surface area contributed by atoms with Crippen LogP contribution in [-0.2, 0) is 11.2 Å². The number of morpholine rings is 1. The Morgan fingerprint density at radius 2 is 1.85 bits per heavy atom. The first-order valence-corrected chi connectivity index (χ1v) is 14.8. The van der Waals surface area contributed by atoms with Crippen LogP contribution in [0.5, 0.6) is 0 Å². The van der Waals surface area contributed by atoms with Gasteiger partial charge in [-0.3, -0.25) is 14.6 Å². The number of fused-ring (bicyclic) bond motifs is 1. The molecule has 0 saturated carbocycles. The average Bonchev–Trinajstić information content (AvgIpc) is 3.31. The fraction of sp³-hybridized carbons (Fsp3) is 0.419. The van der Waals surface area contributed by atoms with E-state index in [0.717, 1.165) is 57.3 Å². The highest BCUT2D eigenvalue weighted by Gasteiger charge is 2.38. The lowest BCUT2D eigenvalue weighted by Crippen LogP contribution is -2.61. The van der Waals surface area contributed by atoms with Crippen molar-refractivity contribution in [3.8, 4) is 22.4 Å². The number of Topliss-reactive ketones (excluding diaryl/α,β-unsaturated/α-hetero) is 1. The van der Waals surface area contributed by atoms with E-state index in [4.69, 9.17) is 4.74 Å². The summed E-state index contributed by atoms with van der Waals surface area (Å²) in [6.45, 7) is 7.96. The minimum absolute atomic E-state index is 0.109. The third-order valence-corrected chi connectivity index (χ3v) is 9.62. The molecule has 1 N–H and O–H groups in total. The molecule has 0 radical (unpaired) electrons. The minimum Gasteiger partial charge on any atom is -0.465 e. The number of ketones is 1. The zero-order chi connectivity index (χ0) is 28.9. The van der Waals surface area contributed by atoms with Gasteiger partial charge in [0.05, 0.1) is 34.8 Å². The van der Waals surface area contributed by atoms with Crippen LogP contribution < -0.4 is 4.90 Å². The van der Waals surface area contributed by atoms with Crippen molar-refractivity contribution in [3.05, 3.63) is 58.6 Å². The molecule has 3 aromatic rings. The first-order chi connectivity index (χ1) is 19.6. The van der Waals surface area contributed by atoms with Crippen molar-refractivity contribution < 1.29 is 24.2 Å². The van der Waals surface area contributed by atoms with E-state index in [9.17, 15) is 19.5 Å². The predicted octanol–water partition coefficient (Wildman–Crippen LogP) is 4.90. The molecule has 1 aliphatic carbocycles. The number of hydrogen-bond donors (Lipinski definition) is 1. The third kappa shape index (κ3) is 5.22. The molecule has 4 heterocycles. The highest BCUT2D eigenvalue weighted by atomic mass is 32.1. The van der Waals surface area contributed by atoms with Crippen molar-refractivity contribution in [1.82, 2.24) is 14.8 Å². The number of rotatable bonds is 5. The summed E-state index contributed by atoms with van der Waals surface area (Å²) in [7, 11) is 1.53. The SMILES string of the molecule is CN(C(=O)O)C1CN(C(=O)c2cccc(-c3cc(-c4c(N5CCOCC5)sc5c4CC(C)(C)CC5=O)ccn3)c2)C1. The third-order valence-electron chi connectivity index (χ3n) is 8.29. The molecule has 3 aliphatic rings. The van der Waals surface area contributed by atoms with Crippen molar-refractivity contribution in [3.63, 3.8) is 0 Å². The van der Waals surface area contributed by atoms with Crippen LogP contribution in [-0.4, -0.2) is 90.2 Å². The van der Waals surface area contributed by atoms with Crippen molar-refractivity contribution in [2.24, 2.45) is 5.41 Å². The van der Waals surface area contributed by atoms with Crippen LogP contribution in [0, 0.1) is 5.41 Å². The number of carbonyl (C=O) groups excluding carboxylic acids is 2. The van der Waals surface area contributed by atoms with Gasteiger partial charge in [0, 0.05) is 62.5 Å². The fourth-order valence-corrected chi connectivity index (χ4v) is 7.28. The summed E-state index contributed by atoms with van der Waals surface area (Å²) >= 11 is 1.61. The summed E-state index contributed by atoms with van der Waals surface area (Å²) in [4.78, 5) is 48.4. The van der Waals surface area contributed by atoms with E-state index in [1.54, 1.807) is 28.5 Å². The second kappa shape index (κ2) is 10.6. The molecule has 0 atom stereocenters. The second-order valence-electron chi connectivity index (χ2n) is 11.9. The van der Waals surface area contributed by atoms with Crippen LogP contribution in [0.4, 0.5) is 9.80 Å². The highest BCUT2D eigenvalue weighted by molar-refractivity contribution is 7.19. The van der Waals surface area contributed by atoms with Gasteiger partial charge in [-0.05, 0) is 47.2 Å². The Bertz CT molecular complexity index is 1520. The largest absolute Gasteiger partial charge is 0.465 e. The number of carbonyl (C=O) groups is 3. The van der Waals surface area contributed by atoms with Crippen molar-refractivity contribution in [1.29, 1.82) is 0 Å². The number of benzene rings is 1. The lowest BCUT2D eigenvalue weighted by molar-refractivity contribution is 0.0347. The van der Waals surface area contributed by atoms with Gasteiger partial charge in [0.2, 0.25) is 0 Å². The molecular formula is C31H34N4O5S. The Hall–Kier alpha value is -3.76. The number of carboxylic acid groups (broad SMARTS) is 1. The number of ether oxygens (including phenoxy) is 1. The molecule has 9 nitrogen and oxygen atoms in total. The minimum atomic E-state index is -0.994. The molecule has 6 rings (SSSR count). The maximum absolute atomic E-state index is 13.2. The van der Waals surface area contributed by atoms with E-state index in [0.29, 0.717) is 38.3 Å². The lowest BCUT2D eigenvalue weighted by Gasteiger charge is -2.42. The number of pyridine rings is 1. The number of anilines is 1. The number of aromatic nitrogens is 1. The van der Waals surface area contributed by atoms with E-state index in [2.05, 4.69) is 29.8 Å². The van der Waals surface area contributed by atoms with E-state index < -0.39 is 6.09 Å². The molecule has 0 unspecified atom stereocenters. The first-order valence-electron chi connectivity index (χ1n) is 13.9. The monoisotopic (exact) mass is 574 g/mol. The van der Waals surface area contributed by atoms with Crippen LogP contribution in [0.1, 0.15) is 45.9 Å². The maximum atomic E-state index is 13.2. The van der Waals surface area contributed by atoms with Gasteiger partial charge >= 0.3 is 6.09 Å². The van der Waals surface area contributed by atoms with Crippen LogP contribution in [0.2, 0.25) is 0 Å². The summed E-state index contributed by atoms with van der Waals surface area (Å²) in [6.07, 6.45) is 2.19. The van der Waals surface area contributed by atoms with Gasteiger partial charge in [-0.15, -0.1) is 11.3 Å². The quantitative estimate of drug-likeness (QED) is 0.462. The van der Waals surface area contributed by atoms with Gasteiger partial charge in [0.25, 0.3) is 5.91 Å². The summed E-state index contributed by atoms with van der Waals surface area (Å²) < 4.78 is 5.61. The Balaban J connectivity index is 1.33. The average molecular weight is 575 g/mol. The van der Waals surface area contributed by atoms with Gasteiger partial charge in [0.1, 0.15) is 0 Å². The van der Waals surface area contributed by atoms with E-state index >= 15 is 0 Å². The predicted molar refractivity (Wildman–Crippen MR) is 158 cm³/mol. The van der Waals surface area contributed by atoms with E-state index in [1.807, 2.05) is 24.3 Å². The van der Waals surface area contributed by atoms with Gasteiger partial charge in [-0.1, -0.05) is 26.0 Å². The summed E-state index contributed by atoms with van der Waals surface area (Å²) in [5.41, 5.74) is 5.25. The Kier molecular flexibility index (Phi) is 7.07. The number of likely N-dealkylation sites (tertiary alicyclic amines) is 1. The summed E-state index contributed by atoms with van der Waals surface area (Å²) in [6, 6.07) is 11.3. The van der Waals surface area contributed by atoms with Crippen molar-refractivity contribution in [2.45, 2.75) is 32.7 Å². The molecule has 41 heavy (non-hydrogen) atoms. The second-order valence-corrected chi connectivity index (χ2v) is 12.9. The highest BCUT2D eigenvalue weighted by Crippen LogP contribution is 2.49.